The summed E-state index contributed by atoms with van der Waals surface area (Å²) in [5, 5.41) is 12.3. The molecule has 1 N–H and O–H groups in total. The number of pyridine rings is 1. The van der Waals surface area contributed by atoms with Crippen LogP contribution in [0.5, 0.6) is 0 Å². The zero-order valence-electron chi connectivity index (χ0n) is 10.2. The Morgan fingerprint density at radius 1 is 1.35 bits per heavy atom. The first kappa shape index (κ1) is 11.5. The van der Waals surface area contributed by atoms with E-state index in [0.29, 0.717) is 10.5 Å². The van der Waals surface area contributed by atoms with Crippen LogP contribution in [0.15, 0.2) is 18.3 Å². The second-order valence-corrected chi connectivity index (χ2v) is 6.99. The highest BCUT2D eigenvalue weighted by atomic mass is 32.2. The van der Waals surface area contributed by atoms with Gasteiger partial charge in [-0.3, -0.25) is 4.98 Å². The van der Waals surface area contributed by atoms with Gasteiger partial charge < -0.3 is 5.11 Å². The van der Waals surface area contributed by atoms with Gasteiger partial charge in [-0.2, -0.15) is 11.8 Å². The number of fused-ring (bicyclic) bond motifs is 2. The maximum absolute atomic E-state index is 11.0. The molecule has 2 aliphatic heterocycles. The molecule has 92 valence electrons. The molecule has 0 amide bonds. The van der Waals surface area contributed by atoms with Crippen molar-refractivity contribution in [2.45, 2.75) is 55.1 Å². The molecule has 2 atom stereocenters. The summed E-state index contributed by atoms with van der Waals surface area (Å²) < 4.78 is 0. The molecule has 2 unspecified atom stereocenters. The Hall–Kier alpha value is -0.540. The van der Waals surface area contributed by atoms with Crippen LogP contribution in [-0.4, -0.2) is 20.6 Å². The summed E-state index contributed by atoms with van der Waals surface area (Å²) in [6.45, 7) is 2.00. The lowest BCUT2D eigenvalue weighted by molar-refractivity contribution is 0.00721. The molecule has 1 aromatic rings. The van der Waals surface area contributed by atoms with Gasteiger partial charge in [0.05, 0.1) is 5.60 Å². The number of aliphatic hydroxyl groups is 1. The lowest BCUT2D eigenvalue weighted by Crippen LogP contribution is -2.41. The summed E-state index contributed by atoms with van der Waals surface area (Å²) in [6, 6.07) is 3.99. The number of rotatable bonds is 1. The first-order valence-electron chi connectivity index (χ1n) is 6.47. The molecule has 3 rings (SSSR count). The van der Waals surface area contributed by atoms with E-state index in [1.807, 2.05) is 19.1 Å². The second kappa shape index (κ2) is 4.29. The van der Waals surface area contributed by atoms with Crippen LogP contribution in [0.1, 0.15) is 43.4 Å². The Morgan fingerprint density at radius 2 is 2.06 bits per heavy atom. The van der Waals surface area contributed by atoms with Crippen molar-refractivity contribution in [1.82, 2.24) is 4.98 Å². The van der Waals surface area contributed by atoms with Crippen LogP contribution in [0.4, 0.5) is 0 Å². The van der Waals surface area contributed by atoms with Crippen LogP contribution in [-0.2, 0) is 5.60 Å². The average molecular weight is 249 g/mol. The van der Waals surface area contributed by atoms with Gasteiger partial charge in [-0.15, -0.1) is 0 Å². The molecule has 0 radical (unpaired) electrons. The van der Waals surface area contributed by atoms with Gasteiger partial charge in [0.25, 0.3) is 0 Å². The Morgan fingerprint density at radius 3 is 2.71 bits per heavy atom. The molecule has 2 nitrogen and oxygen atoms in total. The summed E-state index contributed by atoms with van der Waals surface area (Å²) in [4.78, 5) is 4.33. The molecule has 2 aliphatic rings. The van der Waals surface area contributed by atoms with Gasteiger partial charge in [-0.25, -0.2) is 0 Å². The number of hydrogen-bond donors (Lipinski definition) is 1. The van der Waals surface area contributed by atoms with Crippen molar-refractivity contribution in [3.05, 3.63) is 29.6 Å². The van der Waals surface area contributed by atoms with Crippen molar-refractivity contribution < 1.29 is 5.11 Å². The second-order valence-electron chi connectivity index (χ2n) is 5.39. The summed E-state index contributed by atoms with van der Waals surface area (Å²) in [7, 11) is 0. The Balaban J connectivity index is 1.93. The van der Waals surface area contributed by atoms with Crippen molar-refractivity contribution in [3.8, 4) is 0 Å². The molecule has 0 aromatic carbocycles. The summed E-state index contributed by atoms with van der Waals surface area (Å²) in [5.41, 5.74) is 1.41. The number of thioether (sulfide) groups is 1. The van der Waals surface area contributed by atoms with Gasteiger partial charge in [-0.05, 0) is 38.7 Å². The molecular weight excluding hydrogens is 230 g/mol. The maximum atomic E-state index is 11.0. The molecule has 0 spiro atoms. The number of hydrogen-bond acceptors (Lipinski definition) is 3. The number of aromatic nitrogens is 1. The quantitative estimate of drug-likeness (QED) is 0.830. The van der Waals surface area contributed by atoms with Gasteiger partial charge in [0.15, 0.2) is 0 Å². The van der Waals surface area contributed by atoms with Gasteiger partial charge in [0.2, 0.25) is 0 Å². The number of nitrogens with zero attached hydrogens (tertiary/aromatic N) is 1. The molecule has 17 heavy (non-hydrogen) atoms. The lowest BCUT2D eigenvalue weighted by atomic mass is 9.80. The fourth-order valence-corrected chi connectivity index (χ4v) is 5.21. The van der Waals surface area contributed by atoms with E-state index < -0.39 is 5.60 Å². The first-order valence-corrected chi connectivity index (χ1v) is 7.42. The SMILES string of the molecule is Cc1ncccc1C1(O)CC2CCCC(C1)S2. The van der Waals surface area contributed by atoms with Gasteiger partial charge in [-0.1, -0.05) is 12.5 Å². The normalized spacial score (nSPS) is 36.8. The monoisotopic (exact) mass is 249 g/mol. The molecule has 0 aliphatic carbocycles. The van der Waals surface area contributed by atoms with E-state index in [2.05, 4.69) is 16.7 Å². The van der Waals surface area contributed by atoms with E-state index in [1.54, 1.807) is 6.20 Å². The highest BCUT2D eigenvalue weighted by Gasteiger charge is 2.43. The Kier molecular flexibility index (Phi) is 2.91. The average Bonchev–Trinajstić information content (AvgIpc) is 2.28. The molecule has 2 bridgehead atoms. The number of aryl methyl sites for hydroxylation is 1. The minimum absolute atomic E-state index is 0.626. The van der Waals surface area contributed by atoms with Crippen molar-refractivity contribution in [3.63, 3.8) is 0 Å². The summed E-state index contributed by atoms with van der Waals surface area (Å²) in [6.07, 6.45) is 7.48. The molecule has 3 heteroatoms. The largest absolute Gasteiger partial charge is 0.385 e. The van der Waals surface area contributed by atoms with Gasteiger partial charge in [0, 0.05) is 28.0 Å². The maximum Gasteiger partial charge on any atom is 0.0935 e. The highest BCUT2D eigenvalue weighted by Crippen LogP contribution is 2.49. The predicted molar refractivity (Wildman–Crippen MR) is 71.1 cm³/mol. The van der Waals surface area contributed by atoms with Crippen LogP contribution in [0.25, 0.3) is 0 Å². The van der Waals surface area contributed by atoms with Crippen LogP contribution in [0, 0.1) is 6.92 Å². The van der Waals surface area contributed by atoms with Crippen molar-refractivity contribution >= 4 is 11.8 Å². The third-order valence-corrected chi connectivity index (χ3v) is 5.65. The Labute approximate surface area is 107 Å². The van der Waals surface area contributed by atoms with E-state index >= 15 is 0 Å². The third-order valence-electron chi connectivity index (χ3n) is 4.08. The lowest BCUT2D eigenvalue weighted by Gasteiger charge is -2.44. The van der Waals surface area contributed by atoms with E-state index in [9.17, 15) is 5.11 Å². The topological polar surface area (TPSA) is 33.1 Å². The van der Waals surface area contributed by atoms with E-state index in [0.717, 1.165) is 24.1 Å². The van der Waals surface area contributed by atoms with E-state index in [-0.39, 0.29) is 0 Å². The van der Waals surface area contributed by atoms with Gasteiger partial charge >= 0.3 is 0 Å². The molecule has 2 fully saturated rings. The minimum atomic E-state index is -0.626. The first-order chi connectivity index (χ1) is 8.17. The predicted octanol–water partition coefficient (Wildman–Crippen LogP) is 3.03. The zero-order chi connectivity index (χ0) is 11.9. The molecule has 2 saturated heterocycles. The van der Waals surface area contributed by atoms with Crippen molar-refractivity contribution in [1.29, 1.82) is 0 Å². The third kappa shape index (κ3) is 2.11. The highest BCUT2D eigenvalue weighted by molar-refractivity contribution is 8.00. The van der Waals surface area contributed by atoms with Crippen molar-refractivity contribution in [2.24, 2.45) is 0 Å². The summed E-state index contributed by atoms with van der Waals surface area (Å²) >= 11 is 2.10. The fourth-order valence-electron chi connectivity index (χ4n) is 3.31. The van der Waals surface area contributed by atoms with E-state index in [4.69, 9.17) is 0 Å². The van der Waals surface area contributed by atoms with E-state index in [1.165, 1.54) is 19.3 Å². The van der Waals surface area contributed by atoms with Crippen LogP contribution in [0.3, 0.4) is 0 Å². The standard InChI is InChI=1S/C14H19NOS/c1-10-13(6-3-7-15-10)14(16)8-11-4-2-5-12(9-14)17-11/h3,6-7,11-12,16H,2,4-5,8-9H2,1H3. The van der Waals surface area contributed by atoms with Crippen LogP contribution in [0.2, 0.25) is 0 Å². The molecular formula is C14H19NOS. The minimum Gasteiger partial charge on any atom is -0.385 e. The molecule has 0 saturated carbocycles. The Bertz CT molecular complexity index is 408. The van der Waals surface area contributed by atoms with Gasteiger partial charge in [0.1, 0.15) is 0 Å². The smallest absolute Gasteiger partial charge is 0.0935 e. The molecule has 3 heterocycles. The zero-order valence-corrected chi connectivity index (χ0v) is 11.0. The van der Waals surface area contributed by atoms with Crippen molar-refractivity contribution in [2.75, 3.05) is 0 Å². The molecule has 1 aromatic heterocycles. The van der Waals surface area contributed by atoms with Crippen LogP contribution < -0.4 is 0 Å². The summed E-state index contributed by atoms with van der Waals surface area (Å²) in [5.74, 6) is 0. The van der Waals surface area contributed by atoms with Crippen LogP contribution >= 0.6 is 11.8 Å². The fraction of sp³-hybridized carbons (Fsp3) is 0.643.